The molecule has 16 heavy (non-hydrogen) atoms. The Morgan fingerprint density at radius 3 is 2.62 bits per heavy atom. The lowest BCUT2D eigenvalue weighted by Crippen LogP contribution is -2.12. The van der Waals surface area contributed by atoms with Gasteiger partial charge < -0.3 is 0 Å². The topological polar surface area (TPSA) is 17.3 Å². The third kappa shape index (κ3) is 1.77. The quantitative estimate of drug-likeness (QED) is 0.773. The monoisotopic (exact) mass is 280 g/mol. The Morgan fingerprint density at radius 2 is 2.06 bits per heavy atom. The van der Waals surface area contributed by atoms with Gasteiger partial charge >= 0.3 is 0 Å². The highest BCUT2D eigenvalue weighted by molar-refractivity contribution is 9.10. The zero-order valence-corrected chi connectivity index (χ0v) is 11.8. The first-order valence-corrected chi connectivity index (χ1v) is 6.40. The molecule has 0 unspecified atom stereocenters. The van der Waals surface area contributed by atoms with Crippen molar-refractivity contribution >= 4 is 21.6 Å². The van der Waals surface area contributed by atoms with Crippen molar-refractivity contribution in [3.8, 4) is 0 Å². The van der Waals surface area contributed by atoms with Crippen molar-refractivity contribution in [1.29, 1.82) is 0 Å². The number of rotatable bonds is 1. The maximum absolute atomic E-state index is 4.77. The minimum absolute atomic E-state index is 0.0653. The molecule has 0 aliphatic carbocycles. The molecule has 0 radical (unpaired) electrons. The van der Waals surface area contributed by atoms with Crippen LogP contribution >= 0.6 is 15.9 Å². The van der Waals surface area contributed by atoms with Gasteiger partial charge in [-0.05, 0) is 34.0 Å². The van der Waals surface area contributed by atoms with Crippen LogP contribution in [-0.4, -0.2) is 9.38 Å². The van der Waals surface area contributed by atoms with Gasteiger partial charge in [-0.25, -0.2) is 4.98 Å². The predicted octanol–water partition coefficient (Wildman–Crippen LogP) is 3.96. The van der Waals surface area contributed by atoms with Gasteiger partial charge in [-0.15, -0.1) is 0 Å². The Bertz CT molecular complexity index is 520. The first-order chi connectivity index (χ1) is 7.45. The van der Waals surface area contributed by atoms with Crippen LogP contribution in [0.5, 0.6) is 0 Å². The second-order valence-corrected chi connectivity index (χ2v) is 5.83. The number of imidazole rings is 1. The first kappa shape index (κ1) is 11.6. The Morgan fingerprint density at radius 1 is 1.38 bits per heavy atom. The highest BCUT2D eigenvalue weighted by Crippen LogP contribution is 2.30. The Kier molecular flexibility index (Phi) is 2.82. The molecular formula is C13H17BrN2. The average Bonchev–Trinajstić information content (AvgIpc) is 2.56. The molecule has 2 aromatic heterocycles. The van der Waals surface area contributed by atoms with Crippen LogP contribution in [-0.2, 0) is 11.8 Å². The van der Waals surface area contributed by atoms with Gasteiger partial charge in [0.25, 0.3) is 0 Å². The van der Waals surface area contributed by atoms with Gasteiger partial charge in [0.1, 0.15) is 10.3 Å². The van der Waals surface area contributed by atoms with Gasteiger partial charge in [0.05, 0.1) is 5.69 Å². The summed E-state index contributed by atoms with van der Waals surface area (Å²) in [4.78, 5) is 4.77. The molecule has 0 saturated heterocycles. The molecule has 0 spiro atoms. The summed E-state index contributed by atoms with van der Waals surface area (Å²) in [6.07, 6.45) is 3.07. The molecule has 0 aliphatic heterocycles. The van der Waals surface area contributed by atoms with Crippen LogP contribution < -0.4 is 0 Å². The van der Waals surface area contributed by atoms with Crippen LogP contribution in [0.4, 0.5) is 0 Å². The van der Waals surface area contributed by atoms with E-state index < -0.39 is 0 Å². The van der Waals surface area contributed by atoms with Crippen LogP contribution in [0.25, 0.3) is 5.65 Å². The zero-order chi connectivity index (χ0) is 11.9. The summed E-state index contributed by atoms with van der Waals surface area (Å²) in [6.45, 7) is 8.72. The molecule has 0 bridgehead atoms. The van der Waals surface area contributed by atoms with Crippen molar-refractivity contribution in [3.05, 3.63) is 34.2 Å². The second kappa shape index (κ2) is 3.88. The van der Waals surface area contributed by atoms with E-state index >= 15 is 0 Å². The predicted molar refractivity (Wildman–Crippen MR) is 71.0 cm³/mol. The van der Waals surface area contributed by atoms with E-state index in [2.05, 4.69) is 66.4 Å². The molecule has 3 heteroatoms. The highest BCUT2D eigenvalue weighted by atomic mass is 79.9. The number of aromatic nitrogens is 2. The van der Waals surface area contributed by atoms with Crippen molar-refractivity contribution < 1.29 is 0 Å². The van der Waals surface area contributed by atoms with E-state index in [4.69, 9.17) is 4.98 Å². The van der Waals surface area contributed by atoms with Gasteiger partial charge in [0.15, 0.2) is 0 Å². The highest BCUT2D eigenvalue weighted by Gasteiger charge is 2.23. The van der Waals surface area contributed by atoms with E-state index in [0.717, 1.165) is 22.4 Å². The molecule has 2 heterocycles. The van der Waals surface area contributed by atoms with Crippen LogP contribution in [0, 0.1) is 0 Å². The average molecular weight is 281 g/mol. The van der Waals surface area contributed by atoms with E-state index in [1.165, 1.54) is 5.56 Å². The maximum atomic E-state index is 4.77. The largest absolute Gasteiger partial charge is 0.294 e. The molecule has 2 rings (SSSR count). The number of hydrogen-bond acceptors (Lipinski definition) is 1. The van der Waals surface area contributed by atoms with Gasteiger partial charge in [-0.3, -0.25) is 4.40 Å². The summed E-state index contributed by atoms with van der Waals surface area (Å²) < 4.78 is 3.20. The number of hydrogen-bond donors (Lipinski definition) is 0. The fourth-order valence-corrected chi connectivity index (χ4v) is 2.82. The summed E-state index contributed by atoms with van der Waals surface area (Å²) in [5.74, 6) is 0. The third-order valence-corrected chi connectivity index (χ3v) is 3.52. The minimum atomic E-state index is 0.0653. The first-order valence-electron chi connectivity index (χ1n) is 5.61. The Labute approximate surface area is 105 Å². The van der Waals surface area contributed by atoms with Crippen molar-refractivity contribution in [2.75, 3.05) is 0 Å². The van der Waals surface area contributed by atoms with Crippen molar-refractivity contribution in [3.63, 3.8) is 0 Å². The van der Waals surface area contributed by atoms with Gasteiger partial charge in [-0.2, -0.15) is 0 Å². The number of aryl methyl sites for hydroxylation is 1. The number of pyridine rings is 1. The van der Waals surface area contributed by atoms with Crippen LogP contribution in [0.2, 0.25) is 0 Å². The smallest absolute Gasteiger partial charge is 0.141 e. The molecule has 0 saturated carbocycles. The summed E-state index contributed by atoms with van der Waals surface area (Å²) in [5, 5.41) is 0. The lowest BCUT2D eigenvalue weighted by Gasteiger charge is -2.15. The van der Waals surface area contributed by atoms with E-state index in [0.29, 0.717) is 0 Å². The van der Waals surface area contributed by atoms with E-state index in [1.807, 2.05) is 0 Å². The van der Waals surface area contributed by atoms with E-state index in [1.54, 1.807) is 0 Å². The van der Waals surface area contributed by atoms with Crippen LogP contribution in [0.1, 0.15) is 39.0 Å². The minimum Gasteiger partial charge on any atom is -0.294 e. The fraction of sp³-hybridized carbons (Fsp3) is 0.462. The maximum Gasteiger partial charge on any atom is 0.141 e. The Balaban J connectivity index is 2.77. The molecule has 0 atom stereocenters. The standard InChI is InChI=1S/C13H17BrN2/c1-5-9-7-6-8-16-11(14)10(13(2,3)4)15-12(9)16/h6-8H,5H2,1-4H3. The lowest BCUT2D eigenvalue weighted by molar-refractivity contribution is 0.569. The molecule has 0 N–H and O–H groups in total. The molecular weight excluding hydrogens is 264 g/mol. The van der Waals surface area contributed by atoms with Crippen LogP contribution in [0.3, 0.4) is 0 Å². The van der Waals surface area contributed by atoms with Gasteiger partial charge in [-0.1, -0.05) is 33.8 Å². The van der Waals surface area contributed by atoms with Crippen molar-refractivity contribution in [2.45, 2.75) is 39.5 Å². The fourth-order valence-electron chi connectivity index (χ4n) is 1.85. The molecule has 0 amide bonds. The summed E-state index contributed by atoms with van der Waals surface area (Å²) >= 11 is 3.65. The normalized spacial score (nSPS) is 12.3. The molecule has 0 aliphatic rings. The van der Waals surface area contributed by atoms with Crippen molar-refractivity contribution in [1.82, 2.24) is 9.38 Å². The molecule has 86 valence electrons. The molecule has 2 nitrogen and oxygen atoms in total. The van der Waals surface area contributed by atoms with Crippen molar-refractivity contribution in [2.24, 2.45) is 0 Å². The molecule has 2 aromatic rings. The second-order valence-electron chi connectivity index (χ2n) is 5.08. The summed E-state index contributed by atoms with van der Waals surface area (Å²) in [6, 6.07) is 4.21. The molecule has 0 fully saturated rings. The number of fused-ring (bicyclic) bond motifs is 1. The van der Waals surface area contributed by atoms with E-state index in [-0.39, 0.29) is 5.41 Å². The SMILES string of the molecule is CCc1cccn2c(Br)c(C(C)(C)C)nc12. The Hall–Kier alpha value is -0.830. The number of halogens is 1. The lowest BCUT2D eigenvalue weighted by atomic mass is 9.93. The van der Waals surface area contributed by atoms with Gasteiger partial charge in [0.2, 0.25) is 0 Å². The summed E-state index contributed by atoms with van der Waals surface area (Å²) in [5.41, 5.74) is 3.55. The third-order valence-electron chi connectivity index (χ3n) is 2.76. The summed E-state index contributed by atoms with van der Waals surface area (Å²) in [7, 11) is 0. The van der Waals surface area contributed by atoms with E-state index in [9.17, 15) is 0 Å². The zero-order valence-electron chi connectivity index (χ0n) is 10.2. The van der Waals surface area contributed by atoms with Gasteiger partial charge in [0, 0.05) is 11.6 Å². The van der Waals surface area contributed by atoms with Crippen LogP contribution in [0.15, 0.2) is 22.9 Å². The molecule has 0 aromatic carbocycles. The number of nitrogens with zero attached hydrogens (tertiary/aromatic N) is 2.